The Kier molecular flexibility index (Phi) is 3.33. The van der Waals surface area contributed by atoms with Gasteiger partial charge in [-0.2, -0.15) is 0 Å². The van der Waals surface area contributed by atoms with Gasteiger partial charge in [0, 0.05) is 18.7 Å². The van der Waals surface area contributed by atoms with E-state index in [1.54, 1.807) is 0 Å². The molecule has 2 aliphatic rings. The smallest absolute Gasteiger partial charge is 0.0565 e. The molecule has 1 saturated carbocycles. The minimum absolute atomic E-state index is 0.153. The molecule has 3 heteroatoms. The first kappa shape index (κ1) is 11.4. The third-order valence-electron chi connectivity index (χ3n) is 4.07. The molecule has 0 aromatic rings. The van der Waals surface area contributed by atoms with Crippen molar-refractivity contribution < 1.29 is 4.74 Å². The van der Waals surface area contributed by atoms with Crippen molar-refractivity contribution in [3.05, 3.63) is 0 Å². The molecule has 3 N–H and O–H groups in total. The lowest BCUT2D eigenvalue weighted by Crippen LogP contribution is -2.56. The van der Waals surface area contributed by atoms with Crippen LogP contribution in [0.1, 0.15) is 33.1 Å². The Labute approximate surface area is 92.7 Å². The van der Waals surface area contributed by atoms with Crippen molar-refractivity contribution in [2.45, 2.75) is 44.8 Å². The summed E-state index contributed by atoms with van der Waals surface area (Å²) in [6.07, 6.45) is 3.87. The van der Waals surface area contributed by atoms with Gasteiger partial charge in [0.2, 0.25) is 0 Å². The first-order valence-corrected chi connectivity index (χ1v) is 6.22. The molecular weight excluding hydrogens is 188 g/mol. The number of rotatable bonds is 4. The fraction of sp³-hybridized carbons (Fsp3) is 1.00. The molecule has 0 aromatic carbocycles. The Balaban J connectivity index is 1.83. The molecule has 0 radical (unpaired) electrons. The van der Waals surface area contributed by atoms with Gasteiger partial charge in [-0.15, -0.1) is 0 Å². The fourth-order valence-electron chi connectivity index (χ4n) is 2.62. The number of hydrogen-bond acceptors (Lipinski definition) is 3. The number of nitrogens with one attached hydrogen (secondary N) is 1. The van der Waals surface area contributed by atoms with Crippen LogP contribution < -0.4 is 11.1 Å². The molecule has 4 unspecified atom stereocenters. The highest BCUT2D eigenvalue weighted by atomic mass is 16.5. The highest BCUT2D eigenvalue weighted by Gasteiger charge is 2.38. The van der Waals surface area contributed by atoms with Crippen molar-refractivity contribution >= 4 is 0 Å². The van der Waals surface area contributed by atoms with Gasteiger partial charge < -0.3 is 15.8 Å². The molecule has 3 nitrogen and oxygen atoms in total. The van der Waals surface area contributed by atoms with Crippen molar-refractivity contribution in [3.63, 3.8) is 0 Å². The van der Waals surface area contributed by atoms with E-state index in [2.05, 4.69) is 19.2 Å². The summed E-state index contributed by atoms with van der Waals surface area (Å²) in [5, 5.41) is 3.70. The topological polar surface area (TPSA) is 47.3 Å². The van der Waals surface area contributed by atoms with Crippen molar-refractivity contribution in [1.29, 1.82) is 0 Å². The number of hydrogen-bond donors (Lipinski definition) is 2. The molecule has 1 aliphatic carbocycles. The Morgan fingerprint density at radius 1 is 1.47 bits per heavy atom. The molecule has 2 rings (SSSR count). The van der Waals surface area contributed by atoms with E-state index in [1.807, 2.05) is 0 Å². The van der Waals surface area contributed by atoms with E-state index in [9.17, 15) is 0 Å². The van der Waals surface area contributed by atoms with E-state index in [0.717, 1.165) is 44.4 Å². The molecule has 2 fully saturated rings. The summed E-state index contributed by atoms with van der Waals surface area (Å²) in [6, 6.07) is 0. The second-order valence-electron chi connectivity index (χ2n) is 5.47. The van der Waals surface area contributed by atoms with Gasteiger partial charge in [-0.25, -0.2) is 0 Å². The van der Waals surface area contributed by atoms with Crippen molar-refractivity contribution in [2.24, 2.45) is 17.6 Å². The second-order valence-corrected chi connectivity index (χ2v) is 5.47. The summed E-state index contributed by atoms with van der Waals surface area (Å²) < 4.78 is 5.58. The van der Waals surface area contributed by atoms with Crippen LogP contribution in [-0.4, -0.2) is 31.3 Å². The summed E-state index contributed by atoms with van der Waals surface area (Å²) in [7, 11) is 0. The molecule has 4 atom stereocenters. The van der Waals surface area contributed by atoms with Gasteiger partial charge in [0.15, 0.2) is 0 Å². The van der Waals surface area contributed by atoms with Crippen LogP contribution in [0.3, 0.4) is 0 Å². The Hall–Kier alpha value is -0.120. The predicted octanol–water partition coefficient (Wildman–Crippen LogP) is 1.13. The van der Waals surface area contributed by atoms with Crippen LogP contribution >= 0.6 is 0 Å². The standard InChI is InChI=1S/C12H24N2O/c1-9-5-11(9)7-14-12(8-13)3-4-15-10(2)6-12/h9-11,14H,3-8,13H2,1-2H3. The molecule has 0 aromatic heterocycles. The van der Waals surface area contributed by atoms with Gasteiger partial charge >= 0.3 is 0 Å². The zero-order chi connectivity index (χ0) is 10.9. The van der Waals surface area contributed by atoms with Crippen molar-refractivity contribution in [2.75, 3.05) is 19.7 Å². The number of nitrogens with two attached hydrogens (primary N) is 1. The zero-order valence-electron chi connectivity index (χ0n) is 9.96. The molecule has 1 heterocycles. The lowest BCUT2D eigenvalue weighted by atomic mass is 9.87. The van der Waals surface area contributed by atoms with Crippen LogP contribution in [0.2, 0.25) is 0 Å². The average Bonchev–Trinajstić information content (AvgIpc) is 2.92. The van der Waals surface area contributed by atoms with Crippen molar-refractivity contribution in [1.82, 2.24) is 5.32 Å². The van der Waals surface area contributed by atoms with Gasteiger partial charge in [-0.1, -0.05) is 6.92 Å². The Morgan fingerprint density at radius 3 is 2.73 bits per heavy atom. The summed E-state index contributed by atoms with van der Waals surface area (Å²) >= 11 is 0. The van der Waals surface area contributed by atoms with Crippen LogP contribution in [-0.2, 0) is 4.74 Å². The Morgan fingerprint density at radius 2 is 2.20 bits per heavy atom. The van der Waals surface area contributed by atoms with Gasteiger partial charge in [-0.05, 0) is 44.6 Å². The molecular formula is C12H24N2O. The van der Waals surface area contributed by atoms with Gasteiger partial charge in [0.1, 0.15) is 0 Å². The quantitative estimate of drug-likeness (QED) is 0.734. The van der Waals surface area contributed by atoms with E-state index >= 15 is 0 Å². The average molecular weight is 212 g/mol. The molecule has 1 saturated heterocycles. The maximum atomic E-state index is 5.92. The van der Waals surface area contributed by atoms with Crippen LogP contribution in [0.5, 0.6) is 0 Å². The van der Waals surface area contributed by atoms with Gasteiger partial charge in [0.05, 0.1) is 6.10 Å². The Bertz CT molecular complexity index is 222. The van der Waals surface area contributed by atoms with E-state index in [4.69, 9.17) is 10.5 Å². The molecule has 1 aliphatic heterocycles. The zero-order valence-corrected chi connectivity index (χ0v) is 9.96. The first-order chi connectivity index (χ1) is 7.15. The third-order valence-corrected chi connectivity index (χ3v) is 4.07. The number of ether oxygens (including phenoxy) is 1. The minimum Gasteiger partial charge on any atom is -0.378 e. The molecule has 0 bridgehead atoms. The van der Waals surface area contributed by atoms with E-state index in [1.165, 1.54) is 6.42 Å². The largest absolute Gasteiger partial charge is 0.378 e. The maximum absolute atomic E-state index is 5.92. The molecule has 0 spiro atoms. The summed E-state index contributed by atoms with van der Waals surface area (Å²) in [6.45, 7) is 7.21. The fourth-order valence-corrected chi connectivity index (χ4v) is 2.62. The van der Waals surface area contributed by atoms with Crippen LogP contribution in [0.15, 0.2) is 0 Å². The monoisotopic (exact) mass is 212 g/mol. The highest BCUT2D eigenvalue weighted by molar-refractivity contribution is 4.96. The molecule has 0 amide bonds. The van der Waals surface area contributed by atoms with Crippen molar-refractivity contribution in [3.8, 4) is 0 Å². The van der Waals surface area contributed by atoms with E-state index in [-0.39, 0.29) is 5.54 Å². The molecule has 15 heavy (non-hydrogen) atoms. The lowest BCUT2D eigenvalue weighted by Gasteiger charge is -2.40. The normalized spacial score (nSPS) is 45.4. The second kappa shape index (κ2) is 4.40. The highest BCUT2D eigenvalue weighted by Crippen LogP contribution is 2.37. The van der Waals surface area contributed by atoms with E-state index < -0.39 is 0 Å². The third kappa shape index (κ3) is 2.71. The SMILES string of the molecule is CC1CC(CN)(NCC2CC2C)CCO1. The van der Waals surface area contributed by atoms with Crippen LogP contribution in [0.25, 0.3) is 0 Å². The summed E-state index contributed by atoms with van der Waals surface area (Å²) in [5.41, 5.74) is 6.08. The maximum Gasteiger partial charge on any atom is 0.0565 e. The lowest BCUT2D eigenvalue weighted by molar-refractivity contribution is -0.0164. The minimum atomic E-state index is 0.153. The predicted molar refractivity (Wildman–Crippen MR) is 61.7 cm³/mol. The summed E-state index contributed by atoms with van der Waals surface area (Å²) in [5.74, 6) is 1.82. The van der Waals surface area contributed by atoms with Gasteiger partial charge in [0.25, 0.3) is 0 Å². The first-order valence-electron chi connectivity index (χ1n) is 6.22. The molecule has 88 valence electrons. The van der Waals surface area contributed by atoms with E-state index in [0.29, 0.717) is 6.10 Å². The van der Waals surface area contributed by atoms with Crippen LogP contribution in [0, 0.1) is 11.8 Å². The van der Waals surface area contributed by atoms with Crippen LogP contribution in [0.4, 0.5) is 0 Å². The van der Waals surface area contributed by atoms with Gasteiger partial charge in [-0.3, -0.25) is 0 Å². The summed E-state index contributed by atoms with van der Waals surface area (Å²) in [4.78, 5) is 0.